The third kappa shape index (κ3) is 3.69. The molecule has 1 aliphatic heterocycles. The van der Waals surface area contributed by atoms with Gasteiger partial charge in [-0.3, -0.25) is 4.79 Å². The van der Waals surface area contributed by atoms with Crippen molar-refractivity contribution in [3.63, 3.8) is 0 Å². The average molecular weight is 391 g/mol. The molecule has 2 atom stereocenters. The minimum absolute atomic E-state index is 0.252. The highest BCUT2D eigenvalue weighted by Crippen LogP contribution is 2.36. The number of piperidine rings is 1. The lowest BCUT2D eigenvalue weighted by Gasteiger charge is -2.41. The van der Waals surface area contributed by atoms with E-state index in [2.05, 4.69) is 38.0 Å². The Hall–Kier alpha value is -1.34. The van der Waals surface area contributed by atoms with Crippen molar-refractivity contribution in [2.24, 2.45) is 11.8 Å². The minimum atomic E-state index is 0.252. The molecule has 0 aromatic carbocycles. The summed E-state index contributed by atoms with van der Waals surface area (Å²) in [5.41, 5.74) is 0. The highest BCUT2D eigenvalue weighted by atomic mass is 32.2. The van der Waals surface area contributed by atoms with Gasteiger partial charge in [-0.1, -0.05) is 37.1 Å². The van der Waals surface area contributed by atoms with Crippen molar-refractivity contribution in [2.45, 2.75) is 50.7 Å². The second kappa shape index (κ2) is 8.13. The van der Waals surface area contributed by atoms with E-state index >= 15 is 0 Å². The standard InChI is InChI=1S/C19H26N4OS2/c1-2-23-18(16-8-5-11-25-16)20-21-19(23)26-13-17(24)22-10-9-14-6-3-4-7-15(14)12-22/h5,8,11,14-15H,2-4,6-7,9-10,12-13H2,1H3/t14-,15-/m1/s1. The number of rotatable bonds is 5. The van der Waals surface area contributed by atoms with Crippen LogP contribution < -0.4 is 0 Å². The number of fused-ring (bicyclic) bond motifs is 1. The summed E-state index contributed by atoms with van der Waals surface area (Å²) in [5, 5.41) is 11.6. The largest absolute Gasteiger partial charge is 0.342 e. The van der Waals surface area contributed by atoms with Crippen molar-refractivity contribution in [3.8, 4) is 10.7 Å². The van der Waals surface area contributed by atoms with E-state index in [1.54, 1.807) is 11.3 Å². The zero-order valence-electron chi connectivity index (χ0n) is 15.3. The van der Waals surface area contributed by atoms with E-state index in [1.165, 1.54) is 43.9 Å². The molecule has 0 N–H and O–H groups in total. The summed E-state index contributed by atoms with van der Waals surface area (Å²) in [6.45, 7) is 4.80. The van der Waals surface area contributed by atoms with Gasteiger partial charge in [0.2, 0.25) is 5.91 Å². The summed E-state index contributed by atoms with van der Waals surface area (Å²) in [6.07, 6.45) is 6.57. The molecule has 1 saturated carbocycles. The fraction of sp³-hybridized carbons (Fsp3) is 0.632. The molecular formula is C19H26N4OS2. The molecule has 0 bridgehead atoms. The second-order valence-corrected chi connectivity index (χ2v) is 9.14. The quantitative estimate of drug-likeness (QED) is 0.720. The van der Waals surface area contributed by atoms with Crippen molar-refractivity contribution < 1.29 is 4.79 Å². The van der Waals surface area contributed by atoms with Crippen molar-refractivity contribution in [1.82, 2.24) is 19.7 Å². The summed E-state index contributed by atoms with van der Waals surface area (Å²) in [6, 6.07) is 4.09. The van der Waals surface area contributed by atoms with Crippen LogP contribution in [-0.4, -0.2) is 44.4 Å². The van der Waals surface area contributed by atoms with Gasteiger partial charge in [0.05, 0.1) is 10.6 Å². The smallest absolute Gasteiger partial charge is 0.233 e. The van der Waals surface area contributed by atoms with Crippen molar-refractivity contribution >= 4 is 29.0 Å². The number of carbonyl (C=O) groups is 1. The van der Waals surface area contributed by atoms with E-state index in [-0.39, 0.29) is 5.91 Å². The average Bonchev–Trinajstić information content (AvgIpc) is 3.34. The SMILES string of the molecule is CCn1c(SCC(=O)N2CC[C@H]3CCCC[C@@H]3C2)nnc1-c1cccs1. The molecule has 1 saturated heterocycles. The number of thiophene rings is 1. The Morgan fingerprint density at radius 1 is 1.27 bits per heavy atom. The van der Waals surface area contributed by atoms with E-state index < -0.39 is 0 Å². The van der Waals surface area contributed by atoms with Crippen LogP contribution in [0.5, 0.6) is 0 Å². The monoisotopic (exact) mass is 390 g/mol. The molecular weight excluding hydrogens is 364 g/mol. The number of carbonyl (C=O) groups excluding carboxylic acids is 1. The summed E-state index contributed by atoms with van der Waals surface area (Å²) in [7, 11) is 0. The van der Waals surface area contributed by atoms with Crippen molar-refractivity contribution in [1.29, 1.82) is 0 Å². The van der Waals surface area contributed by atoms with Gasteiger partial charge in [0.1, 0.15) is 0 Å². The van der Waals surface area contributed by atoms with E-state index in [4.69, 9.17) is 0 Å². The molecule has 3 heterocycles. The third-order valence-electron chi connectivity index (χ3n) is 5.74. The summed E-state index contributed by atoms with van der Waals surface area (Å²) < 4.78 is 2.11. The molecule has 140 valence electrons. The lowest BCUT2D eigenvalue weighted by Crippen LogP contribution is -2.45. The highest BCUT2D eigenvalue weighted by molar-refractivity contribution is 7.99. The molecule has 0 spiro atoms. The zero-order chi connectivity index (χ0) is 17.9. The van der Waals surface area contributed by atoms with Crippen LogP contribution in [0.1, 0.15) is 39.0 Å². The Balaban J connectivity index is 1.37. The molecule has 4 rings (SSSR count). The van der Waals surface area contributed by atoms with Gasteiger partial charge >= 0.3 is 0 Å². The van der Waals surface area contributed by atoms with Crippen LogP contribution in [0.25, 0.3) is 10.7 Å². The van der Waals surface area contributed by atoms with Gasteiger partial charge in [0, 0.05) is 19.6 Å². The topological polar surface area (TPSA) is 51.0 Å². The third-order valence-corrected chi connectivity index (χ3v) is 7.56. The predicted octanol–water partition coefficient (Wildman–Crippen LogP) is 4.16. The van der Waals surface area contributed by atoms with Gasteiger partial charge in [0.25, 0.3) is 0 Å². The van der Waals surface area contributed by atoms with Crippen LogP contribution >= 0.6 is 23.1 Å². The Labute approximate surface area is 163 Å². The molecule has 0 unspecified atom stereocenters. The lowest BCUT2D eigenvalue weighted by atomic mass is 9.75. The molecule has 2 aromatic heterocycles. The highest BCUT2D eigenvalue weighted by Gasteiger charge is 2.32. The van der Waals surface area contributed by atoms with Gasteiger partial charge in [-0.15, -0.1) is 21.5 Å². The first-order valence-electron chi connectivity index (χ1n) is 9.64. The van der Waals surface area contributed by atoms with Crippen molar-refractivity contribution in [2.75, 3.05) is 18.8 Å². The molecule has 7 heteroatoms. The maximum atomic E-state index is 12.7. The zero-order valence-corrected chi connectivity index (χ0v) is 16.9. The molecule has 2 aliphatic rings. The fourth-order valence-electron chi connectivity index (χ4n) is 4.31. The van der Waals surface area contributed by atoms with Crippen LogP contribution in [-0.2, 0) is 11.3 Å². The van der Waals surface area contributed by atoms with Gasteiger partial charge in [-0.05, 0) is 43.0 Å². The molecule has 2 aromatic rings. The normalized spacial score (nSPS) is 23.0. The van der Waals surface area contributed by atoms with E-state index in [1.807, 2.05) is 6.07 Å². The van der Waals surface area contributed by atoms with Gasteiger partial charge in [-0.2, -0.15) is 0 Å². The number of hydrogen-bond acceptors (Lipinski definition) is 5. The number of nitrogens with zero attached hydrogens (tertiary/aromatic N) is 4. The fourth-order valence-corrected chi connectivity index (χ4v) is 5.94. The number of thioether (sulfide) groups is 1. The Morgan fingerprint density at radius 3 is 2.88 bits per heavy atom. The maximum absolute atomic E-state index is 12.7. The van der Waals surface area contributed by atoms with Crippen LogP contribution in [0.4, 0.5) is 0 Å². The first-order valence-corrected chi connectivity index (χ1v) is 11.5. The number of aromatic nitrogens is 3. The maximum Gasteiger partial charge on any atom is 0.233 e. The molecule has 5 nitrogen and oxygen atoms in total. The van der Waals surface area contributed by atoms with E-state index in [9.17, 15) is 4.79 Å². The van der Waals surface area contributed by atoms with Gasteiger partial charge in [-0.25, -0.2) is 0 Å². The summed E-state index contributed by atoms with van der Waals surface area (Å²) in [4.78, 5) is 15.9. The number of hydrogen-bond donors (Lipinski definition) is 0. The van der Waals surface area contributed by atoms with Crippen molar-refractivity contribution in [3.05, 3.63) is 17.5 Å². The molecule has 1 aliphatic carbocycles. The van der Waals surface area contributed by atoms with E-state index in [0.29, 0.717) is 5.75 Å². The second-order valence-electron chi connectivity index (χ2n) is 7.25. The molecule has 26 heavy (non-hydrogen) atoms. The number of amides is 1. The number of likely N-dealkylation sites (tertiary alicyclic amines) is 1. The molecule has 2 fully saturated rings. The van der Waals surface area contributed by atoms with Crippen LogP contribution in [0.3, 0.4) is 0 Å². The Bertz CT molecular complexity index is 743. The minimum Gasteiger partial charge on any atom is -0.342 e. The molecule has 1 amide bonds. The molecule has 0 radical (unpaired) electrons. The summed E-state index contributed by atoms with van der Waals surface area (Å²) >= 11 is 3.19. The first kappa shape index (κ1) is 18.0. The summed E-state index contributed by atoms with van der Waals surface area (Å²) in [5.74, 6) is 3.20. The Morgan fingerprint density at radius 2 is 2.12 bits per heavy atom. The lowest BCUT2D eigenvalue weighted by molar-refractivity contribution is -0.131. The van der Waals surface area contributed by atoms with Crippen LogP contribution in [0.2, 0.25) is 0 Å². The van der Waals surface area contributed by atoms with E-state index in [0.717, 1.165) is 47.3 Å². The van der Waals surface area contributed by atoms with Crippen LogP contribution in [0.15, 0.2) is 22.7 Å². The Kier molecular flexibility index (Phi) is 5.64. The van der Waals surface area contributed by atoms with Gasteiger partial charge in [0.15, 0.2) is 11.0 Å². The first-order chi connectivity index (χ1) is 12.8. The predicted molar refractivity (Wildman–Crippen MR) is 106 cm³/mol. The van der Waals surface area contributed by atoms with Gasteiger partial charge < -0.3 is 9.47 Å². The van der Waals surface area contributed by atoms with Crippen LogP contribution in [0, 0.1) is 11.8 Å².